The second-order valence-corrected chi connectivity index (χ2v) is 19.8. The highest BCUT2D eigenvalue weighted by Gasteiger charge is 2.25. The van der Waals surface area contributed by atoms with E-state index in [4.69, 9.17) is 19.9 Å². The molecule has 0 radical (unpaired) electrons. The summed E-state index contributed by atoms with van der Waals surface area (Å²) in [5, 5.41) is 5.69. The van der Waals surface area contributed by atoms with Gasteiger partial charge in [0.15, 0.2) is 0 Å². The number of aliphatic imine (C=N–C) groups is 1. The summed E-state index contributed by atoms with van der Waals surface area (Å²) < 4.78 is 45.6. The molecule has 1 aromatic rings. The minimum atomic E-state index is -3.90. The van der Waals surface area contributed by atoms with E-state index < -0.39 is 27.8 Å². The quantitative estimate of drug-likeness (QED) is 0.0287. The molecule has 62 heavy (non-hydrogen) atoms. The molecular formula is C49H91N5O7S. The number of carbonyl (C=O) groups is 2. The lowest BCUT2D eigenvalue weighted by atomic mass is 10.1. The largest absolute Gasteiger partial charge is 0.444 e. The predicted octanol–water partition coefficient (Wildman–Crippen LogP) is 11.2. The van der Waals surface area contributed by atoms with Crippen molar-refractivity contribution in [2.75, 3.05) is 32.9 Å². The molecular weight excluding hydrogens is 803 g/mol. The maximum atomic E-state index is 13.6. The summed E-state index contributed by atoms with van der Waals surface area (Å²) in [6, 6.07) is 5.47. The molecule has 2 atom stereocenters. The fourth-order valence-corrected chi connectivity index (χ4v) is 8.07. The number of amides is 2. The van der Waals surface area contributed by atoms with Gasteiger partial charge in [0.1, 0.15) is 11.6 Å². The SMILES string of the molecule is CCCCCCCCCCCCCCOCC(CNC(=O)[C@H](CCCN=C(N)NS(=O)(=O)c1ccc(C)cc1)NC(=O)OC(C)(C)C)OCCCCCCCCCCCCCC. The molecule has 0 aliphatic heterocycles. The van der Waals surface area contributed by atoms with Crippen LogP contribution in [-0.4, -0.2) is 77.0 Å². The molecule has 0 saturated heterocycles. The third-order valence-corrected chi connectivity index (χ3v) is 12.2. The molecule has 0 fully saturated rings. The highest BCUT2D eigenvalue weighted by molar-refractivity contribution is 7.90. The first kappa shape index (κ1) is 57.1. The number of aryl methyl sites for hydroxylation is 1. The number of carbonyl (C=O) groups excluding carboxylic acids is 2. The average Bonchev–Trinajstić information content (AvgIpc) is 3.21. The molecule has 0 aromatic heterocycles. The zero-order chi connectivity index (χ0) is 45.7. The first-order valence-electron chi connectivity index (χ1n) is 24.6. The Morgan fingerprint density at radius 2 is 1.16 bits per heavy atom. The Morgan fingerprint density at radius 1 is 0.694 bits per heavy atom. The number of nitrogens with zero attached hydrogens (tertiary/aromatic N) is 1. The van der Waals surface area contributed by atoms with Gasteiger partial charge in [-0.25, -0.2) is 17.9 Å². The third-order valence-electron chi connectivity index (χ3n) is 10.8. The van der Waals surface area contributed by atoms with Crippen molar-refractivity contribution in [3.63, 3.8) is 0 Å². The van der Waals surface area contributed by atoms with Crippen LogP contribution in [0.15, 0.2) is 34.2 Å². The minimum absolute atomic E-state index is 0.0747. The van der Waals surface area contributed by atoms with Gasteiger partial charge in [0, 0.05) is 26.3 Å². The fourth-order valence-electron chi connectivity index (χ4n) is 7.12. The van der Waals surface area contributed by atoms with E-state index in [0.29, 0.717) is 26.2 Å². The Morgan fingerprint density at radius 3 is 1.65 bits per heavy atom. The van der Waals surface area contributed by atoms with Crippen molar-refractivity contribution in [1.82, 2.24) is 15.4 Å². The van der Waals surface area contributed by atoms with Gasteiger partial charge in [0.2, 0.25) is 11.9 Å². The molecule has 2 amide bonds. The first-order chi connectivity index (χ1) is 29.8. The van der Waals surface area contributed by atoms with Crippen LogP contribution in [0.25, 0.3) is 0 Å². The molecule has 360 valence electrons. The van der Waals surface area contributed by atoms with Gasteiger partial charge in [-0.15, -0.1) is 0 Å². The van der Waals surface area contributed by atoms with Gasteiger partial charge in [-0.3, -0.25) is 9.79 Å². The van der Waals surface area contributed by atoms with Gasteiger partial charge in [-0.1, -0.05) is 173 Å². The van der Waals surface area contributed by atoms with Gasteiger partial charge in [0.25, 0.3) is 10.0 Å². The summed E-state index contributed by atoms with van der Waals surface area (Å²) in [6.07, 6.45) is 30.1. The normalized spacial score (nSPS) is 13.2. The molecule has 1 aromatic carbocycles. The van der Waals surface area contributed by atoms with Crippen LogP contribution in [0.2, 0.25) is 0 Å². The Labute approximate surface area is 378 Å². The number of unbranched alkanes of at least 4 members (excludes halogenated alkanes) is 22. The number of hydrogen-bond donors (Lipinski definition) is 4. The van der Waals surface area contributed by atoms with Gasteiger partial charge >= 0.3 is 6.09 Å². The smallest absolute Gasteiger partial charge is 0.408 e. The van der Waals surface area contributed by atoms with Crippen LogP contribution in [-0.2, 0) is 29.0 Å². The Balaban J connectivity index is 2.69. The number of rotatable bonds is 39. The minimum Gasteiger partial charge on any atom is -0.444 e. The van der Waals surface area contributed by atoms with Gasteiger partial charge in [-0.2, -0.15) is 0 Å². The zero-order valence-corrected chi connectivity index (χ0v) is 41.0. The highest BCUT2D eigenvalue weighted by atomic mass is 32.2. The second-order valence-electron chi connectivity index (χ2n) is 18.1. The molecule has 13 heteroatoms. The zero-order valence-electron chi connectivity index (χ0n) is 40.2. The topological polar surface area (TPSA) is 170 Å². The lowest BCUT2D eigenvalue weighted by Gasteiger charge is -2.24. The standard InChI is InChI=1S/C49H91N5O7S/c1-7-9-11-13-15-17-19-21-23-25-27-29-38-59-41-43(60-39-30-28-26-24-22-20-18-16-14-12-10-8-2)40-52-46(55)45(53-48(56)61-49(4,5)6)32-31-37-51-47(50)54-62(57,58)44-35-33-42(3)34-36-44/h33-36,43,45H,7-32,37-41H2,1-6H3,(H,52,55)(H,53,56)(H3,50,51,54)/t43?,45-/m0/s1. The fraction of sp³-hybridized carbons (Fsp3) is 0.816. The third kappa shape index (κ3) is 32.7. The Hall–Kier alpha value is -2.90. The van der Waals surface area contributed by atoms with Crippen molar-refractivity contribution in [3.05, 3.63) is 29.8 Å². The van der Waals surface area contributed by atoms with E-state index in [1.165, 1.54) is 141 Å². The summed E-state index contributed by atoms with van der Waals surface area (Å²) in [7, 11) is -3.90. The van der Waals surface area contributed by atoms with E-state index in [0.717, 1.165) is 31.2 Å². The van der Waals surface area contributed by atoms with Crippen molar-refractivity contribution >= 4 is 28.0 Å². The van der Waals surface area contributed by atoms with E-state index in [1.54, 1.807) is 32.9 Å². The van der Waals surface area contributed by atoms with Crippen molar-refractivity contribution in [1.29, 1.82) is 0 Å². The number of guanidine groups is 1. The molecule has 5 N–H and O–H groups in total. The van der Waals surface area contributed by atoms with Crippen LogP contribution in [0.1, 0.15) is 207 Å². The molecule has 12 nitrogen and oxygen atoms in total. The number of nitrogens with two attached hydrogens (primary N) is 1. The summed E-state index contributed by atoms with van der Waals surface area (Å²) in [6.45, 7) is 13.6. The molecule has 0 heterocycles. The molecule has 0 bridgehead atoms. The summed E-state index contributed by atoms with van der Waals surface area (Å²) >= 11 is 0. The first-order valence-corrected chi connectivity index (χ1v) is 26.1. The van der Waals surface area contributed by atoms with Gasteiger partial charge < -0.3 is 30.6 Å². The number of nitrogens with one attached hydrogen (secondary N) is 3. The van der Waals surface area contributed by atoms with Crippen molar-refractivity contribution in [2.24, 2.45) is 10.7 Å². The predicted molar refractivity (Wildman–Crippen MR) is 256 cm³/mol. The highest BCUT2D eigenvalue weighted by Crippen LogP contribution is 2.15. The maximum Gasteiger partial charge on any atom is 0.408 e. The second kappa shape index (κ2) is 36.4. The van der Waals surface area contributed by atoms with Gasteiger partial charge in [-0.05, 0) is 65.5 Å². The number of ether oxygens (including phenoxy) is 3. The van der Waals surface area contributed by atoms with E-state index >= 15 is 0 Å². The van der Waals surface area contributed by atoms with Crippen LogP contribution >= 0.6 is 0 Å². The van der Waals surface area contributed by atoms with Crippen LogP contribution in [0, 0.1) is 6.92 Å². The monoisotopic (exact) mass is 894 g/mol. The number of sulfonamides is 1. The van der Waals surface area contributed by atoms with Crippen LogP contribution in [0.5, 0.6) is 0 Å². The van der Waals surface area contributed by atoms with E-state index in [2.05, 4.69) is 34.2 Å². The molecule has 0 saturated carbocycles. The molecule has 0 spiro atoms. The average molecular weight is 894 g/mol. The molecule has 1 unspecified atom stereocenters. The number of hydrogen-bond acceptors (Lipinski definition) is 8. The van der Waals surface area contributed by atoms with E-state index in [1.807, 2.05) is 6.92 Å². The Bertz CT molecular complexity index is 1400. The lowest BCUT2D eigenvalue weighted by Crippen LogP contribution is -2.50. The summed E-state index contributed by atoms with van der Waals surface area (Å²) in [5.74, 6) is -0.642. The Kier molecular flexibility index (Phi) is 33.6. The maximum absolute atomic E-state index is 13.6. The van der Waals surface area contributed by atoms with Crippen molar-refractivity contribution in [2.45, 2.75) is 231 Å². The van der Waals surface area contributed by atoms with Crippen LogP contribution in [0.3, 0.4) is 0 Å². The summed E-state index contributed by atoms with van der Waals surface area (Å²) in [5.41, 5.74) is 6.10. The molecule has 0 aliphatic carbocycles. The summed E-state index contributed by atoms with van der Waals surface area (Å²) in [4.78, 5) is 30.6. The van der Waals surface area contributed by atoms with Crippen LogP contribution in [0.4, 0.5) is 4.79 Å². The number of benzene rings is 1. The van der Waals surface area contributed by atoms with Gasteiger partial charge in [0.05, 0.1) is 17.6 Å². The van der Waals surface area contributed by atoms with Crippen molar-refractivity contribution in [3.8, 4) is 0 Å². The van der Waals surface area contributed by atoms with Crippen LogP contribution < -0.4 is 21.1 Å². The lowest BCUT2D eigenvalue weighted by molar-refractivity contribution is -0.124. The van der Waals surface area contributed by atoms with E-state index in [9.17, 15) is 18.0 Å². The molecule has 0 aliphatic rings. The molecule has 1 rings (SSSR count). The van der Waals surface area contributed by atoms with E-state index in [-0.39, 0.29) is 42.4 Å². The van der Waals surface area contributed by atoms with Crippen molar-refractivity contribution < 1.29 is 32.2 Å². The number of alkyl carbamates (subject to hydrolysis) is 1.